The molecule has 1 fully saturated rings. The molecule has 3 rings (SSSR count). The molecule has 0 radical (unpaired) electrons. The van der Waals surface area contributed by atoms with Crippen LogP contribution in [0.4, 0.5) is 10.5 Å². The highest BCUT2D eigenvalue weighted by atomic mass is 32.2. The first-order chi connectivity index (χ1) is 12.8. The first kappa shape index (κ1) is 18.6. The highest BCUT2D eigenvalue weighted by Crippen LogP contribution is 2.33. The molecule has 0 saturated carbocycles. The van der Waals surface area contributed by atoms with Gasteiger partial charge in [-0.1, -0.05) is 12.1 Å². The van der Waals surface area contributed by atoms with Crippen molar-refractivity contribution < 1.29 is 19.2 Å². The molecule has 1 aliphatic rings. The predicted octanol–water partition coefficient (Wildman–Crippen LogP) is 4.23. The van der Waals surface area contributed by atoms with Crippen molar-refractivity contribution in [1.82, 2.24) is 9.88 Å². The number of pyridine rings is 1. The van der Waals surface area contributed by atoms with Crippen LogP contribution in [0.5, 0.6) is 11.6 Å². The average Bonchev–Trinajstić information content (AvgIpc) is 2.90. The van der Waals surface area contributed by atoms with Crippen molar-refractivity contribution in [3.05, 3.63) is 63.2 Å². The third-order valence-electron chi connectivity index (χ3n) is 3.67. The van der Waals surface area contributed by atoms with Gasteiger partial charge in [0.15, 0.2) is 0 Å². The van der Waals surface area contributed by atoms with Gasteiger partial charge in [-0.05, 0) is 49.4 Å². The van der Waals surface area contributed by atoms with Crippen molar-refractivity contribution >= 4 is 34.7 Å². The van der Waals surface area contributed by atoms with Crippen molar-refractivity contribution in [2.45, 2.75) is 19.9 Å². The van der Waals surface area contributed by atoms with Gasteiger partial charge in [0.2, 0.25) is 5.88 Å². The molecule has 1 aromatic carbocycles. The van der Waals surface area contributed by atoms with Gasteiger partial charge in [0.25, 0.3) is 16.8 Å². The van der Waals surface area contributed by atoms with E-state index in [9.17, 15) is 19.7 Å². The van der Waals surface area contributed by atoms with E-state index in [1.54, 1.807) is 44.2 Å². The minimum Gasteiger partial charge on any atom is -0.439 e. The number of imide groups is 1. The number of nitrogens with zero attached hydrogens (tertiary/aromatic N) is 3. The van der Waals surface area contributed by atoms with Gasteiger partial charge in [0, 0.05) is 18.2 Å². The van der Waals surface area contributed by atoms with Crippen LogP contribution < -0.4 is 4.74 Å². The summed E-state index contributed by atoms with van der Waals surface area (Å²) in [5.41, 5.74) is 0.626. The van der Waals surface area contributed by atoms with Crippen LogP contribution in [0.15, 0.2) is 47.5 Å². The van der Waals surface area contributed by atoms with Crippen LogP contribution in [0.2, 0.25) is 0 Å². The molecule has 2 heterocycles. The van der Waals surface area contributed by atoms with Crippen molar-refractivity contribution in [3.8, 4) is 11.6 Å². The Kier molecular flexibility index (Phi) is 5.22. The van der Waals surface area contributed by atoms with E-state index in [1.165, 1.54) is 17.0 Å². The highest BCUT2D eigenvalue weighted by molar-refractivity contribution is 8.18. The maximum atomic E-state index is 12.3. The average molecular weight is 385 g/mol. The number of amides is 2. The minimum atomic E-state index is -0.535. The Morgan fingerprint density at radius 1 is 1.19 bits per heavy atom. The fourth-order valence-electron chi connectivity index (χ4n) is 2.37. The van der Waals surface area contributed by atoms with E-state index in [-0.39, 0.29) is 28.8 Å². The lowest BCUT2D eigenvalue weighted by atomic mass is 10.2. The number of nitro groups is 1. The number of carbonyl (C=O) groups excluding carboxylic acids is 2. The number of carbonyl (C=O) groups is 2. The van der Waals surface area contributed by atoms with Crippen LogP contribution >= 0.6 is 11.8 Å². The first-order valence-electron chi connectivity index (χ1n) is 8.00. The molecule has 0 atom stereocenters. The molecule has 0 N–H and O–H groups in total. The van der Waals surface area contributed by atoms with Crippen molar-refractivity contribution in [2.75, 3.05) is 0 Å². The summed E-state index contributed by atoms with van der Waals surface area (Å²) in [6.07, 6.45) is 2.77. The van der Waals surface area contributed by atoms with Crippen LogP contribution in [0.3, 0.4) is 0 Å². The van der Waals surface area contributed by atoms with Crippen LogP contribution in [0, 0.1) is 10.1 Å². The zero-order valence-electron chi connectivity index (χ0n) is 14.5. The van der Waals surface area contributed by atoms with Gasteiger partial charge in [-0.2, -0.15) is 0 Å². The van der Waals surface area contributed by atoms with E-state index >= 15 is 0 Å². The summed E-state index contributed by atoms with van der Waals surface area (Å²) in [6.45, 7) is 3.58. The second-order valence-electron chi connectivity index (χ2n) is 5.93. The van der Waals surface area contributed by atoms with Crippen molar-refractivity contribution in [3.63, 3.8) is 0 Å². The Morgan fingerprint density at radius 3 is 2.41 bits per heavy atom. The minimum absolute atomic E-state index is 0.118. The van der Waals surface area contributed by atoms with Gasteiger partial charge < -0.3 is 4.74 Å². The summed E-state index contributed by atoms with van der Waals surface area (Å²) in [5.74, 6) is 0.422. The number of aromatic nitrogens is 1. The van der Waals surface area contributed by atoms with Gasteiger partial charge in [0.05, 0.1) is 9.83 Å². The zero-order chi connectivity index (χ0) is 19.6. The summed E-state index contributed by atoms with van der Waals surface area (Å²) >= 11 is 0.918. The summed E-state index contributed by atoms with van der Waals surface area (Å²) in [7, 11) is 0. The van der Waals surface area contributed by atoms with Gasteiger partial charge in [-0.3, -0.25) is 24.6 Å². The van der Waals surface area contributed by atoms with Gasteiger partial charge >= 0.3 is 0 Å². The molecule has 1 saturated heterocycles. The monoisotopic (exact) mass is 385 g/mol. The van der Waals surface area contributed by atoms with Gasteiger partial charge in [-0.15, -0.1) is 0 Å². The zero-order valence-corrected chi connectivity index (χ0v) is 15.3. The molecule has 0 aliphatic carbocycles. The molecular weight excluding hydrogens is 370 g/mol. The van der Waals surface area contributed by atoms with Gasteiger partial charge in [-0.25, -0.2) is 4.98 Å². The molecule has 1 aliphatic heterocycles. The largest absolute Gasteiger partial charge is 0.439 e. The quantitative estimate of drug-likeness (QED) is 0.431. The van der Waals surface area contributed by atoms with E-state index in [0.29, 0.717) is 10.7 Å². The summed E-state index contributed by atoms with van der Waals surface area (Å²) in [4.78, 5) is 39.8. The molecule has 0 spiro atoms. The maximum absolute atomic E-state index is 12.3. The standard InChI is InChI=1S/C18H15N3O5S/c1-11(2)20-17(22)15(27-18(20)23)9-12-3-6-14(7-4-12)26-16-8-5-13(10-19-16)21(24)25/h3-11H,1-2H3. The molecule has 2 amide bonds. The smallest absolute Gasteiger partial charge is 0.293 e. The molecule has 8 nitrogen and oxygen atoms in total. The Balaban J connectivity index is 1.71. The lowest BCUT2D eigenvalue weighted by Gasteiger charge is -2.16. The molecule has 138 valence electrons. The molecular formula is C18H15N3O5S. The Labute approximate surface area is 159 Å². The number of hydrogen-bond donors (Lipinski definition) is 0. The van der Waals surface area contributed by atoms with Crippen LogP contribution in [-0.2, 0) is 4.79 Å². The molecule has 0 bridgehead atoms. The van der Waals surface area contributed by atoms with E-state index in [1.807, 2.05) is 0 Å². The van der Waals surface area contributed by atoms with Crippen LogP contribution in [0.25, 0.3) is 6.08 Å². The Bertz CT molecular complexity index is 923. The third kappa shape index (κ3) is 4.14. The number of benzene rings is 1. The predicted molar refractivity (Wildman–Crippen MR) is 100 cm³/mol. The summed E-state index contributed by atoms with van der Waals surface area (Å²) < 4.78 is 5.54. The second-order valence-corrected chi connectivity index (χ2v) is 6.92. The Hall–Kier alpha value is -3.20. The van der Waals surface area contributed by atoms with Crippen molar-refractivity contribution in [2.24, 2.45) is 0 Å². The normalized spacial score (nSPS) is 15.7. The van der Waals surface area contributed by atoms with E-state index in [0.717, 1.165) is 23.5 Å². The second kappa shape index (κ2) is 7.58. The van der Waals surface area contributed by atoms with E-state index in [4.69, 9.17) is 4.74 Å². The van der Waals surface area contributed by atoms with Gasteiger partial charge in [0.1, 0.15) is 11.9 Å². The maximum Gasteiger partial charge on any atom is 0.293 e. The molecule has 27 heavy (non-hydrogen) atoms. The summed E-state index contributed by atoms with van der Waals surface area (Å²) in [6, 6.07) is 9.38. The molecule has 1 aromatic heterocycles. The first-order valence-corrected chi connectivity index (χ1v) is 8.82. The third-order valence-corrected chi connectivity index (χ3v) is 4.56. The Morgan fingerprint density at radius 2 is 1.89 bits per heavy atom. The lowest BCUT2D eigenvalue weighted by molar-refractivity contribution is -0.385. The van der Waals surface area contributed by atoms with E-state index in [2.05, 4.69) is 4.98 Å². The van der Waals surface area contributed by atoms with Crippen LogP contribution in [0.1, 0.15) is 19.4 Å². The lowest BCUT2D eigenvalue weighted by Crippen LogP contribution is -2.34. The van der Waals surface area contributed by atoms with Crippen molar-refractivity contribution in [1.29, 1.82) is 0 Å². The number of hydrogen-bond acceptors (Lipinski definition) is 7. The number of rotatable bonds is 5. The molecule has 0 unspecified atom stereocenters. The molecule has 2 aromatic rings. The highest BCUT2D eigenvalue weighted by Gasteiger charge is 2.36. The molecule has 9 heteroatoms. The summed E-state index contributed by atoms with van der Waals surface area (Å²) in [5, 5.41) is 10.3. The number of thioether (sulfide) groups is 1. The van der Waals surface area contributed by atoms with E-state index < -0.39 is 4.92 Å². The topological polar surface area (TPSA) is 103 Å². The van der Waals surface area contributed by atoms with Crippen LogP contribution in [-0.4, -0.2) is 32.0 Å². The fourth-order valence-corrected chi connectivity index (χ4v) is 3.33. The fraction of sp³-hybridized carbons (Fsp3) is 0.167. The number of ether oxygens (including phenoxy) is 1. The SMILES string of the molecule is CC(C)N1C(=O)SC(=Cc2ccc(Oc3ccc([N+](=O)[O-])cn3)cc2)C1=O.